The van der Waals surface area contributed by atoms with Gasteiger partial charge in [0.2, 0.25) is 0 Å². The molecule has 7 heteroatoms. The summed E-state index contributed by atoms with van der Waals surface area (Å²) in [6.07, 6.45) is 1.25. The van der Waals surface area contributed by atoms with Gasteiger partial charge in [0.05, 0.1) is 27.9 Å². The lowest BCUT2D eigenvalue weighted by Gasteiger charge is -2.01. The first-order chi connectivity index (χ1) is 7.54. The fraction of sp³-hybridized carbons (Fsp3) is 0. The van der Waals surface area contributed by atoms with Gasteiger partial charge < -0.3 is 5.73 Å². The molecule has 16 heavy (non-hydrogen) atoms. The van der Waals surface area contributed by atoms with Crippen molar-refractivity contribution in [3.63, 3.8) is 0 Å². The highest BCUT2D eigenvalue weighted by molar-refractivity contribution is 6.38. The number of nitriles is 1. The summed E-state index contributed by atoms with van der Waals surface area (Å²) >= 11 is 11.7. The van der Waals surface area contributed by atoms with Crippen LogP contribution in [-0.4, -0.2) is 12.2 Å². The van der Waals surface area contributed by atoms with Crippen molar-refractivity contribution in [2.24, 2.45) is 10.8 Å². The number of urea groups is 1. The van der Waals surface area contributed by atoms with Crippen LogP contribution in [0.15, 0.2) is 17.2 Å². The van der Waals surface area contributed by atoms with Crippen LogP contribution in [0.2, 0.25) is 10.0 Å². The smallest absolute Gasteiger partial charge is 0.332 e. The first-order valence-electron chi connectivity index (χ1n) is 4.02. The van der Waals surface area contributed by atoms with E-state index in [1.165, 1.54) is 18.3 Å². The van der Waals surface area contributed by atoms with Crippen LogP contribution in [0.5, 0.6) is 0 Å². The molecule has 0 aliphatic heterocycles. The van der Waals surface area contributed by atoms with E-state index in [4.69, 9.17) is 34.2 Å². The molecule has 0 radical (unpaired) electrons. The van der Waals surface area contributed by atoms with E-state index < -0.39 is 6.03 Å². The van der Waals surface area contributed by atoms with Crippen LogP contribution in [0, 0.1) is 11.3 Å². The number of halogens is 2. The van der Waals surface area contributed by atoms with Gasteiger partial charge in [-0.05, 0) is 12.1 Å². The molecule has 82 valence electrons. The van der Waals surface area contributed by atoms with Gasteiger partial charge in [0.25, 0.3) is 0 Å². The Kier molecular flexibility index (Phi) is 4.11. The molecule has 0 aliphatic rings. The fourth-order valence-electron chi connectivity index (χ4n) is 0.933. The predicted molar refractivity (Wildman–Crippen MR) is 61.5 cm³/mol. The van der Waals surface area contributed by atoms with E-state index in [0.717, 1.165) is 0 Å². The molecule has 1 aromatic rings. The zero-order valence-corrected chi connectivity index (χ0v) is 9.38. The lowest BCUT2D eigenvalue weighted by atomic mass is 10.1. The first kappa shape index (κ1) is 12.3. The van der Waals surface area contributed by atoms with Gasteiger partial charge in [-0.1, -0.05) is 23.2 Å². The van der Waals surface area contributed by atoms with Crippen molar-refractivity contribution in [2.75, 3.05) is 0 Å². The Labute approximate surface area is 101 Å². The Hall–Kier alpha value is -1.77. The highest BCUT2D eigenvalue weighted by atomic mass is 35.5. The third-order valence-electron chi connectivity index (χ3n) is 1.58. The molecule has 0 aromatic heterocycles. The zero-order valence-electron chi connectivity index (χ0n) is 7.87. The number of nitrogens with one attached hydrogen (secondary N) is 1. The van der Waals surface area contributed by atoms with Crippen LogP contribution in [0.25, 0.3) is 0 Å². The largest absolute Gasteiger partial charge is 0.350 e. The van der Waals surface area contributed by atoms with Crippen molar-refractivity contribution in [3.8, 4) is 6.07 Å². The standard InChI is InChI=1S/C9H6Cl2N4O/c10-7-1-5(3-12)2-8(11)6(7)4-14-15-9(13)16/h1-2,4H,(H3,13,15,16). The van der Waals surface area contributed by atoms with Gasteiger partial charge in [0, 0.05) is 5.56 Å². The SMILES string of the molecule is N#Cc1cc(Cl)c(C=NNC(N)=O)c(Cl)c1. The summed E-state index contributed by atoms with van der Waals surface area (Å²) in [5.41, 5.74) is 7.55. The number of benzene rings is 1. The summed E-state index contributed by atoms with van der Waals surface area (Å²) in [7, 11) is 0. The van der Waals surface area contributed by atoms with Gasteiger partial charge in [-0.15, -0.1) is 0 Å². The van der Waals surface area contributed by atoms with E-state index in [-0.39, 0.29) is 10.0 Å². The summed E-state index contributed by atoms with van der Waals surface area (Å²) < 4.78 is 0. The Morgan fingerprint density at radius 2 is 2.06 bits per heavy atom. The van der Waals surface area contributed by atoms with E-state index in [1.54, 1.807) is 0 Å². The quantitative estimate of drug-likeness (QED) is 0.625. The fourth-order valence-corrected chi connectivity index (χ4v) is 1.52. The van der Waals surface area contributed by atoms with Crippen molar-refractivity contribution in [3.05, 3.63) is 33.3 Å². The van der Waals surface area contributed by atoms with E-state index in [1.807, 2.05) is 11.5 Å². The topological polar surface area (TPSA) is 91.3 Å². The van der Waals surface area contributed by atoms with Gasteiger partial charge in [0.1, 0.15) is 0 Å². The molecule has 0 heterocycles. The number of nitrogens with zero attached hydrogens (tertiary/aromatic N) is 2. The number of rotatable bonds is 2. The Morgan fingerprint density at radius 1 is 1.50 bits per heavy atom. The Balaban J connectivity index is 3.02. The maximum absolute atomic E-state index is 10.3. The molecule has 0 spiro atoms. The molecule has 5 nitrogen and oxygen atoms in total. The lowest BCUT2D eigenvalue weighted by Crippen LogP contribution is -2.24. The van der Waals surface area contributed by atoms with Crippen molar-refractivity contribution in [2.45, 2.75) is 0 Å². The average molecular weight is 257 g/mol. The van der Waals surface area contributed by atoms with Crippen LogP contribution in [0.1, 0.15) is 11.1 Å². The number of hydrazone groups is 1. The second-order valence-electron chi connectivity index (χ2n) is 2.70. The third kappa shape index (κ3) is 3.12. The van der Waals surface area contributed by atoms with Crippen LogP contribution < -0.4 is 11.2 Å². The van der Waals surface area contributed by atoms with Gasteiger partial charge in [-0.2, -0.15) is 10.4 Å². The number of primary amides is 1. The summed E-state index contributed by atoms with van der Waals surface area (Å²) in [5, 5.41) is 12.7. The predicted octanol–water partition coefficient (Wildman–Crippen LogP) is 1.87. The molecule has 3 N–H and O–H groups in total. The number of amides is 2. The summed E-state index contributed by atoms with van der Waals surface area (Å²) in [5.74, 6) is 0. The van der Waals surface area contributed by atoms with Crippen molar-refractivity contribution >= 4 is 35.4 Å². The Morgan fingerprint density at radius 3 is 2.50 bits per heavy atom. The number of carbonyl (C=O) groups excluding carboxylic acids is 1. The van der Waals surface area contributed by atoms with Crippen molar-refractivity contribution < 1.29 is 4.79 Å². The van der Waals surface area contributed by atoms with E-state index in [0.29, 0.717) is 11.1 Å². The summed E-state index contributed by atoms with van der Waals surface area (Å²) in [4.78, 5) is 10.3. The lowest BCUT2D eigenvalue weighted by molar-refractivity contribution is 0.249. The van der Waals surface area contributed by atoms with Gasteiger partial charge in [0.15, 0.2) is 0 Å². The molecule has 1 aromatic carbocycles. The molecule has 0 bridgehead atoms. The van der Waals surface area contributed by atoms with Gasteiger partial charge >= 0.3 is 6.03 Å². The van der Waals surface area contributed by atoms with Gasteiger partial charge in [-0.3, -0.25) is 0 Å². The van der Waals surface area contributed by atoms with Crippen LogP contribution in [-0.2, 0) is 0 Å². The average Bonchev–Trinajstić information content (AvgIpc) is 2.21. The third-order valence-corrected chi connectivity index (χ3v) is 2.20. The molecule has 2 amide bonds. The monoisotopic (exact) mass is 256 g/mol. The minimum atomic E-state index is -0.794. The zero-order chi connectivity index (χ0) is 12.1. The first-order valence-corrected chi connectivity index (χ1v) is 4.78. The molecule has 0 saturated heterocycles. The molecular weight excluding hydrogens is 251 g/mol. The Bertz CT molecular complexity index is 470. The number of hydrogen-bond acceptors (Lipinski definition) is 3. The highest BCUT2D eigenvalue weighted by Crippen LogP contribution is 2.24. The number of hydrogen-bond donors (Lipinski definition) is 2. The van der Waals surface area contributed by atoms with E-state index in [2.05, 4.69) is 5.10 Å². The number of carbonyl (C=O) groups is 1. The van der Waals surface area contributed by atoms with Crippen molar-refractivity contribution in [1.29, 1.82) is 5.26 Å². The normalized spacial score (nSPS) is 10.1. The summed E-state index contributed by atoms with van der Waals surface area (Å²) in [6, 6.07) is 4.00. The molecule has 0 atom stereocenters. The molecule has 0 saturated carbocycles. The minimum Gasteiger partial charge on any atom is -0.350 e. The van der Waals surface area contributed by atoms with Crippen LogP contribution in [0.4, 0.5) is 4.79 Å². The second kappa shape index (κ2) is 5.35. The molecule has 0 unspecified atom stereocenters. The summed E-state index contributed by atoms with van der Waals surface area (Å²) in [6.45, 7) is 0. The molecule has 0 fully saturated rings. The van der Waals surface area contributed by atoms with Crippen LogP contribution >= 0.6 is 23.2 Å². The highest BCUT2D eigenvalue weighted by Gasteiger charge is 2.06. The molecular formula is C9H6Cl2N4O. The molecule has 1 rings (SSSR count). The maximum Gasteiger partial charge on any atom is 0.332 e. The van der Waals surface area contributed by atoms with Gasteiger partial charge in [-0.25, -0.2) is 10.2 Å². The van der Waals surface area contributed by atoms with E-state index >= 15 is 0 Å². The van der Waals surface area contributed by atoms with E-state index in [9.17, 15) is 4.79 Å². The maximum atomic E-state index is 10.3. The second-order valence-corrected chi connectivity index (χ2v) is 3.51. The molecule has 0 aliphatic carbocycles. The van der Waals surface area contributed by atoms with Crippen LogP contribution in [0.3, 0.4) is 0 Å². The minimum absolute atomic E-state index is 0.263. The van der Waals surface area contributed by atoms with Crippen molar-refractivity contribution in [1.82, 2.24) is 5.43 Å². The number of nitrogens with two attached hydrogens (primary N) is 1.